The Kier molecular flexibility index (Phi) is 5.70. The minimum absolute atomic E-state index is 0.0564. The maximum Gasteiger partial charge on any atom is 0.269 e. The minimum atomic E-state index is -0.206. The van der Waals surface area contributed by atoms with E-state index in [0.29, 0.717) is 31.4 Å². The van der Waals surface area contributed by atoms with Crippen molar-refractivity contribution in [3.05, 3.63) is 28.8 Å². The van der Waals surface area contributed by atoms with Gasteiger partial charge in [-0.05, 0) is 26.2 Å². The van der Waals surface area contributed by atoms with Crippen molar-refractivity contribution in [2.24, 2.45) is 0 Å². The van der Waals surface area contributed by atoms with Gasteiger partial charge in [0.05, 0.1) is 23.9 Å². The van der Waals surface area contributed by atoms with Crippen molar-refractivity contribution in [2.75, 3.05) is 13.2 Å². The van der Waals surface area contributed by atoms with Crippen molar-refractivity contribution in [3.63, 3.8) is 0 Å². The normalized spacial score (nSPS) is 17.0. The number of amides is 1. The highest BCUT2D eigenvalue weighted by Gasteiger charge is 2.20. The first kappa shape index (κ1) is 17.5. The Morgan fingerprint density at radius 2 is 2.40 bits per heavy atom. The largest absolute Gasteiger partial charge is 0.472 e. The molecule has 2 aromatic rings. The second-order valence-corrected chi connectivity index (χ2v) is 6.21. The monoisotopic (exact) mass is 348 g/mol. The standard InChI is InChI=1S/C17H24N4O4/c1-3-4-5-14-13(11(2)25-21-14)10-24-16-8-15(19-20-16)17(22)18-12-6-7-23-9-12/h8,12H,3-7,9-10H2,1-2H3,(H,18,22)(H,19,20). The van der Waals surface area contributed by atoms with E-state index < -0.39 is 0 Å². The summed E-state index contributed by atoms with van der Waals surface area (Å²) in [6.45, 7) is 5.55. The Morgan fingerprint density at radius 3 is 3.16 bits per heavy atom. The van der Waals surface area contributed by atoms with Crippen molar-refractivity contribution in [1.82, 2.24) is 20.7 Å². The molecule has 25 heavy (non-hydrogen) atoms. The van der Waals surface area contributed by atoms with Crippen molar-refractivity contribution >= 4 is 5.91 Å². The van der Waals surface area contributed by atoms with Gasteiger partial charge < -0.3 is 19.3 Å². The van der Waals surface area contributed by atoms with Gasteiger partial charge in [0.2, 0.25) is 5.88 Å². The number of aryl methyl sites for hydroxylation is 2. The Bertz CT molecular complexity index is 703. The highest BCUT2D eigenvalue weighted by Crippen LogP contribution is 2.19. The molecule has 0 bridgehead atoms. The number of hydrogen-bond donors (Lipinski definition) is 2. The number of aromatic nitrogens is 3. The first-order chi connectivity index (χ1) is 12.2. The summed E-state index contributed by atoms with van der Waals surface area (Å²) in [5.74, 6) is 0.915. The summed E-state index contributed by atoms with van der Waals surface area (Å²) in [5.41, 5.74) is 2.25. The first-order valence-electron chi connectivity index (χ1n) is 8.68. The number of unbranched alkanes of at least 4 members (excludes halogenated alkanes) is 1. The lowest BCUT2D eigenvalue weighted by molar-refractivity contribution is 0.0925. The zero-order valence-corrected chi connectivity index (χ0v) is 14.6. The van der Waals surface area contributed by atoms with Crippen molar-refractivity contribution in [2.45, 2.75) is 52.2 Å². The molecular weight excluding hydrogens is 324 g/mol. The maximum atomic E-state index is 12.2. The number of rotatable bonds is 8. The van der Waals surface area contributed by atoms with Crippen molar-refractivity contribution in [1.29, 1.82) is 0 Å². The quantitative estimate of drug-likeness (QED) is 0.758. The molecule has 1 aliphatic rings. The zero-order chi connectivity index (χ0) is 17.6. The second-order valence-electron chi connectivity index (χ2n) is 6.21. The van der Waals surface area contributed by atoms with Crippen LogP contribution in [0.25, 0.3) is 0 Å². The molecule has 0 aliphatic carbocycles. The first-order valence-corrected chi connectivity index (χ1v) is 8.68. The van der Waals surface area contributed by atoms with E-state index in [9.17, 15) is 4.79 Å². The van der Waals surface area contributed by atoms with Gasteiger partial charge in [-0.3, -0.25) is 9.89 Å². The lowest BCUT2D eigenvalue weighted by Gasteiger charge is -2.08. The third-order valence-corrected chi connectivity index (χ3v) is 4.26. The smallest absolute Gasteiger partial charge is 0.269 e. The summed E-state index contributed by atoms with van der Waals surface area (Å²) in [6, 6.07) is 1.65. The molecule has 1 amide bonds. The van der Waals surface area contributed by atoms with E-state index in [4.69, 9.17) is 14.0 Å². The second kappa shape index (κ2) is 8.15. The molecule has 1 aliphatic heterocycles. The number of nitrogens with one attached hydrogen (secondary N) is 2. The van der Waals surface area contributed by atoms with Crippen LogP contribution in [0.15, 0.2) is 10.6 Å². The van der Waals surface area contributed by atoms with Crippen LogP contribution in [0.4, 0.5) is 0 Å². The van der Waals surface area contributed by atoms with Gasteiger partial charge >= 0.3 is 0 Å². The van der Waals surface area contributed by atoms with Gasteiger partial charge in [-0.25, -0.2) is 0 Å². The average Bonchev–Trinajstić information content (AvgIpc) is 3.33. The Hall–Kier alpha value is -2.35. The molecule has 2 aromatic heterocycles. The molecule has 1 fully saturated rings. The van der Waals surface area contributed by atoms with Gasteiger partial charge in [-0.2, -0.15) is 0 Å². The van der Waals surface area contributed by atoms with E-state index in [1.54, 1.807) is 6.07 Å². The summed E-state index contributed by atoms with van der Waals surface area (Å²) >= 11 is 0. The Balaban J connectivity index is 1.56. The van der Waals surface area contributed by atoms with Crippen LogP contribution in [0, 0.1) is 6.92 Å². The number of carbonyl (C=O) groups is 1. The maximum absolute atomic E-state index is 12.2. The van der Waals surface area contributed by atoms with Gasteiger partial charge in [0, 0.05) is 12.7 Å². The lowest BCUT2D eigenvalue weighted by atomic mass is 10.1. The minimum Gasteiger partial charge on any atom is -0.472 e. The fourth-order valence-electron chi connectivity index (χ4n) is 2.71. The average molecular weight is 348 g/mol. The predicted octanol–water partition coefficient (Wildman–Crippen LogP) is 2.15. The zero-order valence-electron chi connectivity index (χ0n) is 14.6. The number of carbonyl (C=O) groups excluding carboxylic acids is 1. The van der Waals surface area contributed by atoms with E-state index in [1.165, 1.54) is 0 Å². The molecular formula is C17H24N4O4. The van der Waals surface area contributed by atoms with E-state index in [2.05, 4.69) is 27.6 Å². The lowest BCUT2D eigenvalue weighted by Crippen LogP contribution is -2.35. The van der Waals surface area contributed by atoms with E-state index >= 15 is 0 Å². The molecule has 3 rings (SSSR count). The van der Waals surface area contributed by atoms with E-state index in [0.717, 1.165) is 42.7 Å². The van der Waals surface area contributed by atoms with Crippen LogP contribution in [0.3, 0.4) is 0 Å². The van der Waals surface area contributed by atoms with Crippen LogP contribution in [-0.4, -0.2) is 40.5 Å². The molecule has 0 saturated carbocycles. The van der Waals surface area contributed by atoms with E-state index in [-0.39, 0.29) is 11.9 Å². The van der Waals surface area contributed by atoms with Crippen LogP contribution >= 0.6 is 0 Å². The van der Waals surface area contributed by atoms with Crippen molar-refractivity contribution < 1.29 is 18.8 Å². The van der Waals surface area contributed by atoms with Gasteiger partial charge in [-0.1, -0.05) is 18.5 Å². The van der Waals surface area contributed by atoms with Crippen LogP contribution < -0.4 is 10.1 Å². The fourth-order valence-corrected chi connectivity index (χ4v) is 2.71. The third kappa shape index (κ3) is 4.39. The van der Waals surface area contributed by atoms with Crippen LogP contribution in [-0.2, 0) is 17.8 Å². The van der Waals surface area contributed by atoms with Gasteiger partial charge in [0.1, 0.15) is 18.1 Å². The third-order valence-electron chi connectivity index (χ3n) is 4.26. The van der Waals surface area contributed by atoms with Crippen LogP contribution in [0.5, 0.6) is 5.88 Å². The molecule has 0 radical (unpaired) electrons. The Morgan fingerprint density at radius 1 is 1.52 bits per heavy atom. The molecule has 0 aromatic carbocycles. The topological polar surface area (TPSA) is 102 Å². The summed E-state index contributed by atoms with van der Waals surface area (Å²) in [6.07, 6.45) is 3.84. The summed E-state index contributed by atoms with van der Waals surface area (Å²) in [4.78, 5) is 12.2. The number of ether oxygens (including phenoxy) is 2. The highest BCUT2D eigenvalue weighted by molar-refractivity contribution is 5.92. The molecule has 2 N–H and O–H groups in total. The number of hydrogen-bond acceptors (Lipinski definition) is 6. The van der Waals surface area contributed by atoms with Crippen LogP contribution in [0.1, 0.15) is 53.7 Å². The number of aromatic amines is 1. The number of nitrogens with zero attached hydrogens (tertiary/aromatic N) is 2. The SMILES string of the molecule is CCCCc1noc(C)c1COc1cc(C(=O)NC2CCOC2)[nH]n1. The molecule has 1 saturated heterocycles. The molecule has 136 valence electrons. The Labute approximate surface area is 146 Å². The molecule has 1 atom stereocenters. The number of H-pyrrole nitrogens is 1. The summed E-state index contributed by atoms with van der Waals surface area (Å²) in [5, 5.41) is 13.7. The molecule has 0 spiro atoms. The van der Waals surface area contributed by atoms with Crippen molar-refractivity contribution in [3.8, 4) is 5.88 Å². The van der Waals surface area contributed by atoms with Gasteiger partial charge in [0.25, 0.3) is 5.91 Å². The summed E-state index contributed by atoms with van der Waals surface area (Å²) < 4.78 is 16.2. The van der Waals surface area contributed by atoms with Crippen LogP contribution in [0.2, 0.25) is 0 Å². The molecule has 3 heterocycles. The summed E-state index contributed by atoms with van der Waals surface area (Å²) in [7, 11) is 0. The molecule has 8 heteroatoms. The van der Waals surface area contributed by atoms with Gasteiger partial charge in [-0.15, -0.1) is 5.10 Å². The van der Waals surface area contributed by atoms with Gasteiger partial charge in [0.15, 0.2) is 0 Å². The highest BCUT2D eigenvalue weighted by atomic mass is 16.5. The predicted molar refractivity (Wildman–Crippen MR) is 89.5 cm³/mol. The molecule has 1 unspecified atom stereocenters. The fraction of sp³-hybridized carbons (Fsp3) is 0.588. The van der Waals surface area contributed by atoms with E-state index in [1.807, 2.05) is 6.92 Å². The molecule has 8 nitrogen and oxygen atoms in total.